The van der Waals surface area contributed by atoms with E-state index in [2.05, 4.69) is 118 Å². The van der Waals surface area contributed by atoms with Crippen molar-refractivity contribution in [3.8, 4) is 0 Å². The second kappa shape index (κ2) is 57.9. The highest BCUT2D eigenvalue weighted by Crippen LogP contribution is 2.16. The van der Waals surface area contributed by atoms with Gasteiger partial charge in [-0.3, -0.25) is 14.4 Å². The number of ether oxygens (including phenoxy) is 3. The molecule has 400 valence electrons. The maximum absolute atomic E-state index is 12.8. The molecule has 0 saturated heterocycles. The predicted molar refractivity (Wildman–Crippen MR) is 302 cm³/mol. The van der Waals surface area contributed by atoms with E-state index in [4.69, 9.17) is 14.2 Å². The van der Waals surface area contributed by atoms with Crippen LogP contribution in [0.15, 0.2) is 97.2 Å². The quantitative estimate of drug-likeness (QED) is 0.0262. The minimum atomic E-state index is -0.797. The van der Waals surface area contributed by atoms with Gasteiger partial charge in [0.15, 0.2) is 6.10 Å². The van der Waals surface area contributed by atoms with Gasteiger partial charge < -0.3 is 14.2 Å². The second-order valence-electron chi connectivity index (χ2n) is 19.1. The van der Waals surface area contributed by atoms with Gasteiger partial charge in [-0.25, -0.2) is 0 Å². The molecule has 1 unspecified atom stereocenters. The van der Waals surface area contributed by atoms with Crippen LogP contribution in [0, 0.1) is 0 Å². The minimum Gasteiger partial charge on any atom is -0.462 e. The van der Waals surface area contributed by atoms with Gasteiger partial charge >= 0.3 is 17.9 Å². The molecule has 0 saturated carbocycles. The molecule has 0 aliphatic carbocycles. The van der Waals surface area contributed by atoms with Gasteiger partial charge in [-0.2, -0.15) is 0 Å². The first kappa shape index (κ1) is 66.3. The zero-order valence-electron chi connectivity index (χ0n) is 45.8. The maximum atomic E-state index is 12.8. The molecular weight excluding hydrogens is 865 g/mol. The largest absolute Gasteiger partial charge is 0.462 e. The Bertz CT molecular complexity index is 1400. The molecule has 0 amide bonds. The zero-order chi connectivity index (χ0) is 50.7. The molecule has 0 rings (SSSR count). The third-order valence-corrected chi connectivity index (χ3v) is 12.3. The summed E-state index contributed by atoms with van der Waals surface area (Å²) in [5, 5.41) is 0. The van der Waals surface area contributed by atoms with Gasteiger partial charge in [0.1, 0.15) is 13.2 Å². The molecule has 6 nitrogen and oxygen atoms in total. The standard InChI is InChI=1S/C64H108O6/c1-4-7-10-13-16-19-22-24-26-27-28-29-30-31-32-33-34-35-36-37-39-40-42-45-48-51-54-57-63(66)69-60-61(59-68-62(65)56-53-50-47-44-21-18-15-12-9-6-3)70-64(67)58-55-52-49-46-43-41-38-25-23-20-17-14-11-8-5-2/h7-8,10-11,16-17,19-20,24-26,28-29,38,43,46,61H,4-6,9,12-15,18,21-23,27,30-37,39-42,44-45,47-60H2,1-3H3/b10-7-,11-8-,19-16-,20-17-,26-24-,29-28-,38-25-,46-43-. The Morgan fingerprint density at radius 1 is 0.300 bits per heavy atom. The third kappa shape index (κ3) is 55.3. The monoisotopic (exact) mass is 973 g/mol. The lowest BCUT2D eigenvalue weighted by molar-refractivity contribution is -0.167. The van der Waals surface area contributed by atoms with Crippen LogP contribution in [0.3, 0.4) is 0 Å². The Morgan fingerprint density at radius 3 is 0.900 bits per heavy atom. The Kier molecular flexibility index (Phi) is 54.9. The summed E-state index contributed by atoms with van der Waals surface area (Å²) >= 11 is 0. The van der Waals surface area contributed by atoms with Crippen LogP contribution >= 0.6 is 0 Å². The van der Waals surface area contributed by atoms with Crippen molar-refractivity contribution >= 4 is 17.9 Å². The summed E-state index contributed by atoms with van der Waals surface area (Å²) in [6, 6.07) is 0. The summed E-state index contributed by atoms with van der Waals surface area (Å²) in [6.45, 7) is 6.37. The lowest BCUT2D eigenvalue weighted by atomic mass is 10.0. The van der Waals surface area contributed by atoms with E-state index in [1.807, 2.05) is 0 Å². The predicted octanol–water partition coefficient (Wildman–Crippen LogP) is 19.7. The van der Waals surface area contributed by atoms with Gasteiger partial charge in [-0.15, -0.1) is 0 Å². The van der Waals surface area contributed by atoms with E-state index in [1.54, 1.807) is 0 Å². The average Bonchev–Trinajstić information content (AvgIpc) is 3.36. The fourth-order valence-corrected chi connectivity index (χ4v) is 8.01. The molecule has 0 spiro atoms. The smallest absolute Gasteiger partial charge is 0.306 e. The summed E-state index contributed by atoms with van der Waals surface area (Å²) in [6.07, 6.45) is 77.0. The molecular formula is C64H108O6. The number of esters is 3. The Balaban J connectivity index is 4.24. The molecule has 0 aliphatic heterocycles. The summed E-state index contributed by atoms with van der Waals surface area (Å²) in [7, 11) is 0. The van der Waals surface area contributed by atoms with Crippen molar-refractivity contribution < 1.29 is 28.6 Å². The molecule has 0 bridgehead atoms. The van der Waals surface area contributed by atoms with Gasteiger partial charge in [-0.1, -0.05) is 253 Å². The number of hydrogen-bond acceptors (Lipinski definition) is 6. The number of rotatable bonds is 52. The highest BCUT2D eigenvalue weighted by Gasteiger charge is 2.19. The lowest BCUT2D eigenvalue weighted by Gasteiger charge is -2.18. The molecule has 0 heterocycles. The number of carbonyl (C=O) groups is 3. The van der Waals surface area contributed by atoms with Crippen LogP contribution in [0.5, 0.6) is 0 Å². The van der Waals surface area contributed by atoms with Gasteiger partial charge in [0.2, 0.25) is 0 Å². The van der Waals surface area contributed by atoms with Crippen molar-refractivity contribution in [3.05, 3.63) is 97.2 Å². The summed E-state index contributed by atoms with van der Waals surface area (Å²) in [4.78, 5) is 38.1. The van der Waals surface area contributed by atoms with E-state index < -0.39 is 6.10 Å². The molecule has 0 fully saturated rings. The van der Waals surface area contributed by atoms with Crippen LogP contribution in [0.25, 0.3) is 0 Å². The van der Waals surface area contributed by atoms with Gasteiger partial charge in [0.05, 0.1) is 0 Å². The van der Waals surface area contributed by atoms with E-state index in [1.165, 1.54) is 122 Å². The second-order valence-corrected chi connectivity index (χ2v) is 19.1. The molecule has 1 atom stereocenters. The third-order valence-electron chi connectivity index (χ3n) is 12.3. The summed E-state index contributed by atoms with van der Waals surface area (Å²) in [5.74, 6) is -0.932. The van der Waals surface area contributed by atoms with Crippen molar-refractivity contribution in [1.82, 2.24) is 0 Å². The van der Waals surface area contributed by atoms with E-state index in [0.29, 0.717) is 19.3 Å². The van der Waals surface area contributed by atoms with E-state index in [9.17, 15) is 14.4 Å². The summed E-state index contributed by atoms with van der Waals surface area (Å²) in [5.41, 5.74) is 0. The highest BCUT2D eigenvalue weighted by atomic mass is 16.6. The fraction of sp³-hybridized carbons (Fsp3) is 0.703. The van der Waals surface area contributed by atoms with E-state index >= 15 is 0 Å². The van der Waals surface area contributed by atoms with E-state index in [0.717, 1.165) is 103 Å². The average molecular weight is 974 g/mol. The lowest BCUT2D eigenvalue weighted by Crippen LogP contribution is -2.30. The number of allylic oxidation sites excluding steroid dienone is 16. The SMILES string of the molecule is CC/C=C\C/C=C\C/C=C\C/C=C\CCCCCCCCCCCCCCCCC(=O)OCC(COC(=O)CCCCCCCCCCCC)OC(=O)CCCC/C=C\C/C=C\C/C=C\C/C=C\CC. The van der Waals surface area contributed by atoms with Crippen LogP contribution < -0.4 is 0 Å². The summed E-state index contributed by atoms with van der Waals surface area (Å²) < 4.78 is 16.8. The molecule has 0 aliphatic rings. The fourth-order valence-electron chi connectivity index (χ4n) is 8.01. The van der Waals surface area contributed by atoms with Crippen LogP contribution in [0.2, 0.25) is 0 Å². The molecule has 6 heteroatoms. The molecule has 0 N–H and O–H groups in total. The molecule has 70 heavy (non-hydrogen) atoms. The zero-order valence-corrected chi connectivity index (χ0v) is 45.8. The van der Waals surface area contributed by atoms with Gasteiger partial charge in [0.25, 0.3) is 0 Å². The Labute approximate surface area is 432 Å². The molecule has 0 aromatic heterocycles. The molecule has 0 radical (unpaired) electrons. The highest BCUT2D eigenvalue weighted by molar-refractivity contribution is 5.71. The number of unbranched alkanes of at least 4 members (excludes halogenated alkanes) is 25. The normalized spacial score (nSPS) is 12.8. The van der Waals surface area contributed by atoms with Gasteiger partial charge in [0, 0.05) is 19.3 Å². The van der Waals surface area contributed by atoms with Crippen molar-refractivity contribution in [2.24, 2.45) is 0 Å². The van der Waals surface area contributed by atoms with Crippen molar-refractivity contribution in [3.63, 3.8) is 0 Å². The minimum absolute atomic E-state index is 0.0919. The van der Waals surface area contributed by atoms with Crippen molar-refractivity contribution in [2.75, 3.05) is 13.2 Å². The molecule has 0 aromatic rings. The van der Waals surface area contributed by atoms with Crippen molar-refractivity contribution in [1.29, 1.82) is 0 Å². The topological polar surface area (TPSA) is 78.9 Å². The van der Waals surface area contributed by atoms with Crippen LogP contribution in [-0.4, -0.2) is 37.2 Å². The first-order valence-electron chi connectivity index (χ1n) is 29.2. The molecule has 0 aromatic carbocycles. The number of hydrogen-bond donors (Lipinski definition) is 0. The van der Waals surface area contributed by atoms with Crippen molar-refractivity contribution in [2.45, 2.75) is 277 Å². The first-order valence-corrected chi connectivity index (χ1v) is 29.2. The van der Waals surface area contributed by atoms with Gasteiger partial charge in [-0.05, 0) is 96.3 Å². The number of carbonyl (C=O) groups excluding carboxylic acids is 3. The Hall–Kier alpha value is -3.67. The maximum Gasteiger partial charge on any atom is 0.306 e. The van der Waals surface area contributed by atoms with Crippen LogP contribution in [0.1, 0.15) is 271 Å². The first-order chi connectivity index (χ1) is 34.5. The van der Waals surface area contributed by atoms with Crippen LogP contribution in [0.4, 0.5) is 0 Å². The Morgan fingerprint density at radius 2 is 0.557 bits per heavy atom. The van der Waals surface area contributed by atoms with Crippen LogP contribution in [-0.2, 0) is 28.6 Å². The van der Waals surface area contributed by atoms with E-state index in [-0.39, 0.29) is 37.5 Å².